The van der Waals surface area contributed by atoms with Gasteiger partial charge in [0, 0.05) is 29.7 Å². The Balaban J connectivity index is 0.000000872. The van der Waals surface area contributed by atoms with Gasteiger partial charge in [-0.3, -0.25) is 9.67 Å². The molecule has 0 radical (unpaired) electrons. The minimum absolute atomic E-state index is 0.740. The maximum Gasteiger partial charge on any atom is 0.235 e. The van der Waals surface area contributed by atoms with Crippen molar-refractivity contribution in [3.8, 4) is 10.6 Å². The largest absolute Gasteiger partial charge is 0.275 e. The lowest BCUT2D eigenvalue weighted by atomic mass is 10.2. The molecule has 5 aromatic rings. The third kappa shape index (κ3) is 3.43. The van der Waals surface area contributed by atoms with Crippen molar-refractivity contribution in [2.75, 3.05) is 0 Å². The van der Waals surface area contributed by atoms with E-state index in [9.17, 15) is 0 Å². The number of nitrogens with zero attached hydrogens (tertiary/aromatic N) is 7. The summed E-state index contributed by atoms with van der Waals surface area (Å²) in [6.45, 7) is 4.00. The number of rotatable bonds is 3. The topological polar surface area (TPSA) is 73.8 Å². The highest BCUT2D eigenvalue weighted by Crippen LogP contribution is 2.31. The summed E-state index contributed by atoms with van der Waals surface area (Å²) in [6.07, 6.45) is 5.54. The highest BCUT2D eigenvalue weighted by Gasteiger charge is 2.15. The van der Waals surface area contributed by atoms with Gasteiger partial charge in [-0.1, -0.05) is 31.3 Å². The molecule has 4 aromatic heterocycles. The van der Waals surface area contributed by atoms with Crippen LogP contribution in [-0.4, -0.2) is 34.6 Å². The van der Waals surface area contributed by atoms with Crippen LogP contribution in [0.15, 0.2) is 59.0 Å². The second kappa shape index (κ2) is 7.45. The highest BCUT2D eigenvalue weighted by atomic mass is 32.2. The molecule has 0 aliphatic heterocycles. The number of fused-ring (bicyclic) bond motifs is 2. The molecule has 0 saturated heterocycles. The zero-order valence-corrected chi connectivity index (χ0v) is 16.7. The van der Waals surface area contributed by atoms with Gasteiger partial charge in [-0.2, -0.15) is 14.7 Å². The molecule has 0 amide bonds. The molecule has 0 aliphatic carbocycles. The van der Waals surface area contributed by atoms with E-state index in [2.05, 4.69) is 37.5 Å². The standard InChI is InChI=1S/C16H11N7S2.C2H6/c1-22-9-11(8-18-22)14-21-23-15(19-20-16(23)25-14)24-12-4-5-13-10(7-12)3-2-6-17-13;1-2/h2-9H,1H3;1-2H3. The molecule has 0 fully saturated rings. The molecular formula is C18H17N7S2. The van der Waals surface area contributed by atoms with Gasteiger partial charge >= 0.3 is 0 Å². The Hall–Kier alpha value is -2.78. The van der Waals surface area contributed by atoms with Gasteiger partial charge in [-0.15, -0.1) is 10.2 Å². The van der Waals surface area contributed by atoms with Gasteiger partial charge < -0.3 is 0 Å². The molecular weight excluding hydrogens is 378 g/mol. The number of aryl methyl sites for hydroxylation is 1. The first-order valence-corrected chi connectivity index (χ1v) is 10.1. The third-order valence-electron chi connectivity index (χ3n) is 3.70. The number of aromatic nitrogens is 7. The summed E-state index contributed by atoms with van der Waals surface area (Å²) < 4.78 is 3.54. The van der Waals surface area contributed by atoms with Crippen LogP contribution in [0.4, 0.5) is 0 Å². The molecule has 0 N–H and O–H groups in total. The first kappa shape index (κ1) is 17.6. The number of benzene rings is 1. The van der Waals surface area contributed by atoms with Crippen molar-refractivity contribution >= 4 is 39.0 Å². The molecule has 0 spiro atoms. The Bertz CT molecular complexity index is 1200. The monoisotopic (exact) mass is 395 g/mol. The minimum Gasteiger partial charge on any atom is -0.275 e. The molecule has 0 aliphatic rings. The lowest BCUT2D eigenvalue weighted by molar-refractivity contribution is 0.768. The Kier molecular flexibility index (Phi) is 4.87. The first-order chi connectivity index (χ1) is 13.3. The predicted octanol–water partition coefficient (Wildman–Crippen LogP) is 4.31. The van der Waals surface area contributed by atoms with Crippen LogP contribution < -0.4 is 0 Å². The van der Waals surface area contributed by atoms with E-state index >= 15 is 0 Å². The van der Waals surface area contributed by atoms with Crippen LogP contribution >= 0.6 is 23.1 Å². The van der Waals surface area contributed by atoms with Gasteiger partial charge in [-0.05, 0) is 36.0 Å². The Morgan fingerprint density at radius 2 is 2.00 bits per heavy atom. The fourth-order valence-electron chi connectivity index (χ4n) is 2.53. The minimum atomic E-state index is 0.740. The smallest absolute Gasteiger partial charge is 0.235 e. The van der Waals surface area contributed by atoms with E-state index in [0.29, 0.717) is 0 Å². The van der Waals surface area contributed by atoms with E-state index in [1.54, 1.807) is 21.6 Å². The SMILES string of the molecule is CC.Cn1cc(-c2nn3c(Sc4ccc5ncccc5c4)nnc3s2)cn1. The lowest BCUT2D eigenvalue weighted by Crippen LogP contribution is -1.89. The summed E-state index contributed by atoms with van der Waals surface area (Å²) in [7, 11) is 1.89. The van der Waals surface area contributed by atoms with Crippen LogP contribution in [0.5, 0.6) is 0 Å². The van der Waals surface area contributed by atoms with E-state index in [0.717, 1.165) is 36.5 Å². The summed E-state index contributed by atoms with van der Waals surface area (Å²) in [5.41, 5.74) is 1.96. The maximum absolute atomic E-state index is 4.64. The van der Waals surface area contributed by atoms with Crippen molar-refractivity contribution < 1.29 is 0 Å². The summed E-state index contributed by atoms with van der Waals surface area (Å²) >= 11 is 3.04. The van der Waals surface area contributed by atoms with Gasteiger partial charge in [0.25, 0.3) is 0 Å². The van der Waals surface area contributed by atoms with Gasteiger partial charge in [-0.25, -0.2) is 0 Å². The number of hydrogen-bond acceptors (Lipinski definition) is 7. The second-order valence-corrected chi connectivity index (χ2v) is 7.44. The lowest BCUT2D eigenvalue weighted by Gasteiger charge is -2.00. The van der Waals surface area contributed by atoms with Crippen molar-refractivity contribution in [1.29, 1.82) is 0 Å². The molecule has 0 saturated carbocycles. The summed E-state index contributed by atoms with van der Waals surface area (Å²) in [6, 6.07) is 10.1. The summed E-state index contributed by atoms with van der Waals surface area (Å²) in [5.74, 6) is 0. The zero-order chi connectivity index (χ0) is 18.8. The Morgan fingerprint density at radius 1 is 1.11 bits per heavy atom. The Labute approximate surface area is 164 Å². The van der Waals surface area contributed by atoms with Gasteiger partial charge in [0.1, 0.15) is 0 Å². The molecule has 27 heavy (non-hydrogen) atoms. The summed E-state index contributed by atoms with van der Waals surface area (Å²) in [4.78, 5) is 6.19. The molecule has 7 nitrogen and oxygen atoms in total. The zero-order valence-electron chi connectivity index (χ0n) is 15.1. The molecule has 0 unspecified atom stereocenters. The molecule has 136 valence electrons. The molecule has 0 atom stereocenters. The third-order valence-corrected chi connectivity index (χ3v) is 5.57. The van der Waals surface area contributed by atoms with Crippen molar-refractivity contribution in [1.82, 2.24) is 34.6 Å². The van der Waals surface area contributed by atoms with Crippen molar-refractivity contribution in [2.45, 2.75) is 23.9 Å². The first-order valence-electron chi connectivity index (χ1n) is 8.50. The van der Waals surface area contributed by atoms with Crippen molar-refractivity contribution in [2.24, 2.45) is 7.05 Å². The molecule has 5 rings (SSSR count). The number of hydrogen-bond donors (Lipinski definition) is 0. The molecule has 9 heteroatoms. The fraction of sp³-hybridized carbons (Fsp3) is 0.167. The normalized spacial score (nSPS) is 10.9. The van der Waals surface area contributed by atoms with Gasteiger partial charge in [0.2, 0.25) is 10.1 Å². The average Bonchev–Trinajstić information content (AvgIpc) is 3.40. The van der Waals surface area contributed by atoms with E-state index in [1.807, 2.05) is 45.3 Å². The quantitative estimate of drug-likeness (QED) is 0.453. The van der Waals surface area contributed by atoms with Gasteiger partial charge in [0.05, 0.1) is 17.3 Å². The van der Waals surface area contributed by atoms with Crippen LogP contribution in [0.25, 0.3) is 26.4 Å². The highest BCUT2D eigenvalue weighted by molar-refractivity contribution is 7.99. The van der Waals surface area contributed by atoms with Crippen LogP contribution in [0.2, 0.25) is 0 Å². The fourth-order valence-corrected chi connectivity index (χ4v) is 4.23. The van der Waals surface area contributed by atoms with Crippen molar-refractivity contribution in [3.63, 3.8) is 0 Å². The van der Waals surface area contributed by atoms with Crippen LogP contribution in [0, 0.1) is 0 Å². The Morgan fingerprint density at radius 3 is 2.81 bits per heavy atom. The van der Waals surface area contributed by atoms with Crippen LogP contribution in [0.3, 0.4) is 0 Å². The maximum atomic E-state index is 4.64. The van der Waals surface area contributed by atoms with Crippen molar-refractivity contribution in [3.05, 3.63) is 48.9 Å². The van der Waals surface area contributed by atoms with E-state index < -0.39 is 0 Å². The van der Waals surface area contributed by atoms with E-state index in [4.69, 9.17) is 0 Å². The molecule has 4 heterocycles. The van der Waals surface area contributed by atoms with E-state index in [1.165, 1.54) is 23.1 Å². The molecule has 0 bridgehead atoms. The predicted molar refractivity (Wildman–Crippen MR) is 108 cm³/mol. The summed E-state index contributed by atoms with van der Waals surface area (Å²) in [5, 5.41) is 20.0. The second-order valence-electron chi connectivity index (χ2n) is 5.45. The average molecular weight is 396 g/mol. The molecule has 1 aromatic carbocycles. The van der Waals surface area contributed by atoms with Crippen LogP contribution in [-0.2, 0) is 7.05 Å². The van der Waals surface area contributed by atoms with Gasteiger partial charge in [0.15, 0.2) is 5.01 Å². The van der Waals surface area contributed by atoms with Crippen LogP contribution in [0.1, 0.15) is 13.8 Å². The van der Waals surface area contributed by atoms with E-state index in [-0.39, 0.29) is 0 Å². The number of pyridine rings is 1.